The summed E-state index contributed by atoms with van der Waals surface area (Å²) in [6, 6.07) is 1.96. The third-order valence-corrected chi connectivity index (χ3v) is 3.03. The molecule has 0 fully saturated rings. The molecule has 1 aromatic heterocycles. The summed E-state index contributed by atoms with van der Waals surface area (Å²) in [6.07, 6.45) is 1.76. The average molecular weight is 238 g/mol. The second kappa shape index (κ2) is 6.18. The number of aryl methyl sites for hydroxylation is 1. The molecule has 0 aliphatic carbocycles. The lowest BCUT2D eigenvalue weighted by atomic mass is 10.1. The van der Waals surface area contributed by atoms with Gasteiger partial charge in [-0.15, -0.1) is 5.10 Å². The van der Waals surface area contributed by atoms with E-state index in [0.717, 1.165) is 18.0 Å². The van der Waals surface area contributed by atoms with Crippen molar-refractivity contribution in [2.45, 2.75) is 39.2 Å². The van der Waals surface area contributed by atoms with Crippen molar-refractivity contribution in [3.63, 3.8) is 0 Å². The van der Waals surface area contributed by atoms with Crippen molar-refractivity contribution in [3.05, 3.63) is 10.6 Å². The Morgan fingerprint density at radius 3 is 2.94 bits per heavy atom. The van der Waals surface area contributed by atoms with E-state index >= 15 is 0 Å². The first-order valence-electron chi connectivity index (χ1n) is 5.21. The number of carbonyl (C=O) groups excluding carboxylic acids is 1. The Kier molecular flexibility index (Phi) is 4.86. The molecule has 1 heterocycles. The number of nitrogens with zero attached hydrogens (tertiary/aromatic N) is 3. The number of rotatable bonds is 5. The summed E-state index contributed by atoms with van der Waals surface area (Å²) in [4.78, 5) is 12.4. The zero-order valence-electron chi connectivity index (χ0n) is 9.36. The van der Waals surface area contributed by atoms with Crippen LogP contribution in [0.4, 0.5) is 0 Å². The van der Waals surface area contributed by atoms with Gasteiger partial charge in [0, 0.05) is 6.04 Å². The Morgan fingerprint density at radius 1 is 1.62 bits per heavy atom. The van der Waals surface area contributed by atoms with E-state index in [0.29, 0.717) is 23.4 Å². The number of hydrogen-bond acceptors (Lipinski definition) is 5. The molecule has 0 aromatic carbocycles. The van der Waals surface area contributed by atoms with Gasteiger partial charge in [-0.05, 0) is 24.4 Å². The third-order valence-electron chi connectivity index (χ3n) is 2.26. The van der Waals surface area contributed by atoms with Crippen LogP contribution >= 0.6 is 11.5 Å². The van der Waals surface area contributed by atoms with Crippen molar-refractivity contribution in [2.75, 3.05) is 0 Å². The maximum absolute atomic E-state index is 11.8. The predicted octanol–water partition coefficient (Wildman–Crippen LogP) is 1.52. The Morgan fingerprint density at radius 2 is 2.38 bits per heavy atom. The summed E-state index contributed by atoms with van der Waals surface area (Å²) in [5.74, 6) is -0.172. The highest BCUT2D eigenvalue weighted by Gasteiger charge is 2.17. The van der Waals surface area contributed by atoms with Crippen molar-refractivity contribution in [3.8, 4) is 6.07 Å². The fourth-order valence-corrected chi connectivity index (χ4v) is 1.92. The largest absolute Gasteiger partial charge is 0.347 e. The topological polar surface area (TPSA) is 78.7 Å². The summed E-state index contributed by atoms with van der Waals surface area (Å²) in [5, 5.41) is 15.3. The third kappa shape index (κ3) is 3.00. The highest BCUT2D eigenvalue weighted by molar-refractivity contribution is 7.08. The first-order valence-corrected chi connectivity index (χ1v) is 5.99. The Bertz CT molecular complexity index is 396. The molecule has 5 nitrogen and oxygen atoms in total. The Hall–Kier alpha value is -1.48. The van der Waals surface area contributed by atoms with Crippen LogP contribution in [0.15, 0.2) is 0 Å². The molecular weight excluding hydrogens is 224 g/mol. The van der Waals surface area contributed by atoms with E-state index in [1.54, 1.807) is 0 Å². The second-order valence-corrected chi connectivity index (χ2v) is 4.10. The van der Waals surface area contributed by atoms with Gasteiger partial charge in [-0.1, -0.05) is 18.3 Å². The smallest absolute Gasteiger partial charge is 0.265 e. The Balaban J connectivity index is 2.68. The van der Waals surface area contributed by atoms with Gasteiger partial charge in [-0.3, -0.25) is 4.79 Å². The van der Waals surface area contributed by atoms with E-state index in [1.807, 2.05) is 13.8 Å². The van der Waals surface area contributed by atoms with Crippen molar-refractivity contribution in [2.24, 2.45) is 0 Å². The number of amides is 1. The summed E-state index contributed by atoms with van der Waals surface area (Å²) < 4.78 is 3.76. The van der Waals surface area contributed by atoms with E-state index in [9.17, 15) is 4.79 Å². The molecule has 0 aliphatic heterocycles. The number of carbonyl (C=O) groups is 1. The van der Waals surface area contributed by atoms with Crippen LogP contribution in [-0.4, -0.2) is 21.5 Å². The molecule has 1 unspecified atom stereocenters. The zero-order valence-corrected chi connectivity index (χ0v) is 10.2. The van der Waals surface area contributed by atoms with Gasteiger partial charge in [0.2, 0.25) is 0 Å². The number of nitrogens with one attached hydrogen (secondary N) is 1. The Labute approximate surface area is 98.6 Å². The zero-order chi connectivity index (χ0) is 12.0. The lowest BCUT2D eigenvalue weighted by Crippen LogP contribution is -2.34. The monoisotopic (exact) mass is 238 g/mol. The first kappa shape index (κ1) is 12.6. The van der Waals surface area contributed by atoms with Crippen LogP contribution in [0, 0.1) is 11.3 Å². The SMILES string of the molecule is CCc1nnsc1C(=O)NC(CC)CC#N. The minimum Gasteiger partial charge on any atom is -0.347 e. The molecule has 1 atom stereocenters. The van der Waals surface area contributed by atoms with E-state index in [2.05, 4.69) is 21.0 Å². The van der Waals surface area contributed by atoms with Crippen LogP contribution in [-0.2, 0) is 6.42 Å². The lowest BCUT2D eigenvalue weighted by molar-refractivity contribution is 0.0939. The van der Waals surface area contributed by atoms with E-state index in [1.165, 1.54) is 0 Å². The highest BCUT2D eigenvalue weighted by atomic mass is 32.1. The maximum Gasteiger partial charge on any atom is 0.265 e. The van der Waals surface area contributed by atoms with Gasteiger partial charge in [-0.25, -0.2) is 0 Å². The van der Waals surface area contributed by atoms with Crippen LogP contribution in [0.25, 0.3) is 0 Å². The van der Waals surface area contributed by atoms with Gasteiger partial charge in [0.25, 0.3) is 5.91 Å². The van der Waals surface area contributed by atoms with Crippen LogP contribution in [0.5, 0.6) is 0 Å². The maximum atomic E-state index is 11.8. The van der Waals surface area contributed by atoms with Gasteiger partial charge in [-0.2, -0.15) is 5.26 Å². The van der Waals surface area contributed by atoms with Gasteiger partial charge in [0.1, 0.15) is 4.88 Å². The number of aromatic nitrogens is 2. The van der Waals surface area contributed by atoms with E-state index in [-0.39, 0.29) is 11.9 Å². The fourth-order valence-electron chi connectivity index (χ4n) is 1.27. The first-order chi connectivity index (χ1) is 7.72. The van der Waals surface area contributed by atoms with Crippen LogP contribution in [0.1, 0.15) is 42.1 Å². The highest BCUT2D eigenvalue weighted by Crippen LogP contribution is 2.11. The predicted molar refractivity (Wildman–Crippen MR) is 61.1 cm³/mol. The molecule has 0 radical (unpaired) electrons. The molecule has 0 saturated heterocycles. The molecule has 6 heteroatoms. The van der Waals surface area contributed by atoms with E-state index in [4.69, 9.17) is 5.26 Å². The normalized spacial score (nSPS) is 11.8. The molecule has 86 valence electrons. The summed E-state index contributed by atoms with van der Waals surface area (Å²) in [6.45, 7) is 3.87. The van der Waals surface area contributed by atoms with Crippen molar-refractivity contribution < 1.29 is 4.79 Å². The molecule has 1 amide bonds. The second-order valence-electron chi connectivity index (χ2n) is 3.34. The van der Waals surface area contributed by atoms with Crippen LogP contribution in [0.2, 0.25) is 0 Å². The fraction of sp³-hybridized carbons (Fsp3) is 0.600. The molecule has 0 saturated carbocycles. The standard InChI is InChI=1S/C10H14N4OS/c1-3-7(5-6-11)12-10(15)9-8(4-2)13-14-16-9/h7H,3-5H2,1-2H3,(H,12,15). The minimum absolute atomic E-state index is 0.0932. The number of hydrogen-bond donors (Lipinski definition) is 1. The number of nitriles is 1. The van der Waals surface area contributed by atoms with Gasteiger partial charge < -0.3 is 5.32 Å². The molecule has 1 aromatic rings. The molecule has 0 spiro atoms. The van der Waals surface area contributed by atoms with Crippen LogP contribution in [0.3, 0.4) is 0 Å². The van der Waals surface area contributed by atoms with E-state index < -0.39 is 0 Å². The summed E-state index contributed by atoms with van der Waals surface area (Å²) in [5.41, 5.74) is 0.717. The average Bonchev–Trinajstić information content (AvgIpc) is 2.76. The van der Waals surface area contributed by atoms with Crippen molar-refractivity contribution in [1.82, 2.24) is 14.9 Å². The van der Waals surface area contributed by atoms with Gasteiger partial charge >= 0.3 is 0 Å². The van der Waals surface area contributed by atoms with Gasteiger partial charge in [0.05, 0.1) is 18.2 Å². The van der Waals surface area contributed by atoms with Crippen molar-refractivity contribution in [1.29, 1.82) is 5.26 Å². The summed E-state index contributed by atoms with van der Waals surface area (Å²) in [7, 11) is 0. The summed E-state index contributed by atoms with van der Waals surface area (Å²) >= 11 is 1.10. The minimum atomic E-state index is -0.172. The molecule has 1 rings (SSSR count). The molecule has 16 heavy (non-hydrogen) atoms. The lowest BCUT2D eigenvalue weighted by Gasteiger charge is -2.12. The molecular formula is C10H14N4OS. The van der Waals surface area contributed by atoms with Crippen LogP contribution < -0.4 is 5.32 Å². The van der Waals surface area contributed by atoms with Gasteiger partial charge in [0.15, 0.2) is 0 Å². The van der Waals surface area contributed by atoms with Crippen molar-refractivity contribution >= 4 is 17.4 Å². The molecule has 1 N–H and O–H groups in total. The molecule has 0 aliphatic rings. The molecule has 0 bridgehead atoms. The quantitative estimate of drug-likeness (QED) is 0.843.